The van der Waals surface area contributed by atoms with Crippen LogP contribution >= 0.6 is 0 Å². The zero-order valence-corrected chi connectivity index (χ0v) is 12.7. The minimum absolute atomic E-state index is 0.0583. The van der Waals surface area contributed by atoms with Gasteiger partial charge in [-0.2, -0.15) is 0 Å². The van der Waals surface area contributed by atoms with E-state index in [1.165, 1.54) is 0 Å². The highest BCUT2D eigenvalue weighted by molar-refractivity contribution is 5.92. The van der Waals surface area contributed by atoms with Crippen LogP contribution in [0.2, 0.25) is 0 Å². The number of rotatable bonds is 6. The Bertz CT molecular complexity index is 455. The fraction of sp³-hybridized carbons (Fsp3) is 0.588. The summed E-state index contributed by atoms with van der Waals surface area (Å²) >= 11 is 0. The lowest BCUT2D eigenvalue weighted by Gasteiger charge is -2.27. The van der Waals surface area contributed by atoms with Crippen molar-refractivity contribution in [3.05, 3.63) is 35.9 Å². The number of aliphatic hydroxyl groups is 1. The number of hydrogen-bond donors (Lipinski definition) is 1. The molecule has 1 fully saturated rings. The lowest BCUT2D eigenvalue weighted by Crippen LogP contribution is -2.41. The monoisotopic (exact) mass is 275 g/mol. The molecular weight excluding hydrogens is 250 g/mol. The maximum Gasteiger partial charge on any atom is 0.233 e. The molecule has 2 rings (SSSR count). The average molecular weight is 275 g/mol. The fourth-order valence-corrected chi connectivity index (χ4v) is 3.27. The average Bonchev–Trinajstić information content (AvgIpc) is 3.25. The van der Waals surface area contributed by atoms with Gasteiger partial charge in [0.1, 0.15) is 0 Å². The third-order valence-electron chi connectivity index (χ3n) is 4.62. The van der Waals surface area contributed by atoms with Crippen LogP contribution in [-0.4, -0.2) is 35.1 Å². The zero-order valence-electron chi connectivity index (χ0n) is 12.7. The van der Waals surface area contributed by atoms with Crippen molar-refractivity contribution in [3.8, 4) is 0 Å². The normalized spacial score (nSPS) is 26.1. The van der Waals surface area contributed by atoms with E-state index in [1.807, 2.05) is 56.0 Å². The maximum absolute atomic E-state index is 12.9. The molecule has 0 aliphatic heterocycles. The molecule has 0 unspecified atom stereocenters. The summed E-state index contributed by atoms with van der Waals surface area (Å²) < 4.78 is 0. The van der Waals surface area contributed by atoms with Crippen LogP contribution in [0.25, 0.3) is 0 Å². The van der Waals surface area contributed by atoms with E-state index < -0.39 is 11.5 Å². The molecule has 1 N–H and O–H groups in total. The molecule has 1 saturated carbocycles. The molecule has 3 heteroatoms. The van der Waals surface area contributed by atoms with Crippen LogP contribution in [0.3, 0.4) is 0 Å². The van der Waals surface area contributed by atoms with Crippen molar-refractivity contribution in [3.63, 3.8) is 0 Å². The summed E-state index contributed by atoms with van der Waals surface area (Å²) in [5.74, 6) is 0.231. The number of benzene rings is 1. The van der Waals surface area contributed by atoms with E-state index >= 15 is 0 Å². The third-order valence-corrected chi connectivity index (χ3v) is 4.62. The lowest BCUT2D eigenvalue weighted by molar-refractivity contribution is -0.134. The molecule has 0 spiro atoms. The lowest BCUT2D eigenvalue weighted by atomic mass is 9.89. The number of carbonyl (C=O) groups excluding carboxylic acids is 1. The summed E-state index contributed by atoms with van der Waals surface area (Å²) in [6.07, 6.45) is 1.07. The fourth-order valence-electron chi connectivity index (χ4n) is 3.27. The van der Waals surface area contributed by atoms with Crippen LogP contribution in [0.1, 0.15) is 39.2 Å². The van der Waals surface area contributed by atoms with Crippen molar-refractivity contribution in [1.29, 1.82) is 0 Å². The van der Waals surface area contributed by atoms with Crippen LogP contribution in [0.5, 0.6) is 0 Å². The molecule has 3 atom stereocenters. The number of nitrogens with zero attached hydrogens (tertiary/aromatic N) is 1. The predicted octanol–water partition coefficient (Wildman–Crippen LogP) is 2.58. The minimum Gasteiger partial charge on any atom is -0.393 e. The van der Waals surface area contributed by atoms with Crippen LogP contribution in [0.15, 0.2) is 30.3 Å². The van der Waals surface area contributed by atoms with Gasteiger partial charge in [0, 0.05) is 19.0 Å². The van der Waals surface area contributed by atoms with E-state index in [2.05, 4.69) is 0 Å². The molecule has 0 aromatic heterocycles. The Morgan fingerprint density at radius 3 is 2.40 bits per heavy atom. The quantitative estimate of drug-likeness (QED) is 0.867. The van der Waals surface area contributed by atoms with Gasteiger partial charge in [-0.1, -0.05) is 37.3 Å². The Morgan fingerprint density at radius 2 is 1.90 bits per heavy atom. The highest BCUT2D eigenvalue weighted by Crippen LogP contribution is 2.57. The van der Waals surface area contributed by atoms with Crippen molar-refractivity contribution >= 4 is 5.91 Å². The van der Waals surface area contributed by atoms with E-state index in [9.17, 15) is 9.90 Å². The molecule has 3 nitrogen and oxygen atoms in total. The van der Waals surface area contributed by atoms with Crippen LogP contribution < -0.4 is 0 Å². The zero-order chi connectivity index (χ0) is 14.8. The summed E-state index contributed by atoms with van der Waals surface area (Å²) in [6.45, 7) is 7.43. The Labute approximate surface area is 121 Å². The van der Waals surface area contributed by atoms with E-state index in [0.29, 0.717) is 6.42 Å². The van der Waals surface area contributed by atoms with Gasteiger partial charge in [-0.25, -0.2) is 0 Å². The molecule has 1 aliphatic rings. The van der Waals surface area contributed by atoms with Crippen molar-refractivity contribution in [2.24, 2.45) is 5.92 Å². The largest absolute Gasteiger partial charge is 0.393 e. The molecule has 0 bridgehead atoms. The third kappa shape index (κ3) is 2.35. The number of amides is 1. The highest BCUT2D eigenvalue weighted by Gasteiger charge is 2.63. The molecule has 1 aliphatic carbocycles. The van der Waals surface area contributed by atoms with Gasteiger partial charge < -0.3 is 10.0 Å². The topological polar surface area (TPSA) is 40.5 Å². The summed E-state index contributed by atoms with van der Waals surface area (Å²) in [6, 6.07) is 9.95. The number of carbonyl (C=O) groups is 1. The van der Waals surface area contributed by atoms with Crippen molar-refractivity contribution in [1.82, 2.24) is 4.90 Å². The Hall–Kier alpha value is -1.35. The molecule has 1 aromatic carbocycles. The molecule has 110 valence electrons. The molecule has 20 heavy (non-hydrogen) atoms. The Balaban J connectivity index is 2.35. The van der Waals surface area contributed by atoms with Gasteiger partial charge in [-0.15, -0.1) is 0 Å². The molecule has 0 saturated heterocycles. The van der Waals surface area contributed by atoms with Gasteiger partial charge >= 0.3 is 0 Å². The second-order valence-electron chi connectivity index (χ2n) is 5.60. The van der Waals surface area contributed by atoms with Gasteiger partial charge in [-0.3, -0.25) is 4.79 Å². The van der Waals surface area contributed by atoms with Crippen LogP contribution in [0, 0.1) is 5.92 Å². The van der Waals surface area contributed by atoms with Crippen molar-refractivity contribution in [2.45, 2.75) is 45.1 Å². The summed E-state index contributed by atoms with van der Waals surface area (Å²) in [5.41, 5.74) is 0.553. The van der Waals surface area contributed by atoms with Gasteiger partial charge in [-0.05, 0) is 32.3 Å². The summed E-state index contributed by atoms with van der Waals surface area (Å²) in [7, 11) is 0. The molecule has 0 radical (unpaired) electrons. The van der Waals surface area contributed by atoms with E-state index in [4.69, 9.17) is 0 Å². The first-order valence-electron chi connectivity index (χ1n) is 7.64. The SMILES string of the molecule is CC[C@H](O)[C@H]1C[C@]1(C(=O)N(CC)CC)c1ccccc1. The second kappa shape index (κ2) is 5.96. The van der Waals surface area contributed by atoms with Gasteiger partial charge in [0.2, 0.25) is 5.91 Å². The smallest absolute Gasteiger partial charge is 0.233 e. The first-order chi connectivity index (χ1) is 9.61. The van der Waals surface area contributed by atoms with Crippen molar-refractivity contribution in [2.75, 3.05) is 13.1 Å². The van der Waals surface area contributed by atoms with Crippen LogP contribution in [-0.2, 0) is 10.2 Å². The van der Waals surface area contributed by atoms with Gasteiger partial charge in [0.15, 0.2) is 0 Å². The van der Waals surface area contributed by atoms with Gasteiger partial charge in [0.25, 0.3) is 0 Å². The minimum atomic E-state index is -0.497. The Morgan fingerprint density at radius 1 is 1.30 bits per heavy atom. The molecule has 0 heterocycles. The Kier molecular flexibility index (Phi) is 4.48. The van der Waals surface area contributed by atoms with E-state index in [1.54, 1.807) is 0 Å². The van der Waals surface area contributed by atoms with Crippen molar-refractivity contribution < 1.29 is 9.90 Å². The van der Waals surface area contributed by atoms with Crippen LogP contribution in [0.4, 0.5) is 0 Å². The van der Waals surface area contributed by atoms with E-state index in [-0.39, 0.29) is 11.8 Å². The number of hydrogen-bond acceptors (Lipinski definition) is 2. The highest BCUT2D eigenvalue weighted by atomic mass is 16.3. The summed E-state index contributed by atoms with van der Waals surface area (Å²) in [4.78, 5) is 14.8. The number of likely N-dealkylation sites (N-methyl/N-ethyl adjacent to an activating group) is 1. The first kappa shape index (κ1) is 15.0. The second-order valence-corrected chi connectivity index (χ2v) is 5.60. The maximum atomic E-state index is 12.9. The number of aliphatic hydroxyl groups excluding tert-OH is 1. The molecule has 1 amide bonds. The summed E-state index contributed by atoms with van der Waals surface area (Å²) in [5, 5.41) is 10.2. The predicted molar refractivity (Wildman–Crippen MR) is 80.5 cm³/mol. The van der Waals surface area contributed by atoms with Gasteiger partial charge in [0.05, 0.1) is 11.5 Å². The molecule has 1 aromatic rings. The van der Waals surface area contributed by atoms with E-state index in [0.717, 1.165) is 25.1 Å². The first-order valence-corrected chi connectivity index (χ1v) is 7.64. The molecular formula is C17H25NO2. The standard InChI is InChI=1S/C17H25NO2/c1-4-15(19)14-12-17(14,13-10-8-7-9-11-13)16(20)18(5-2)6-3/h7-11,14-15,19H,4-6,12H2,1-3H3/t14-,15+,17+/m1/s1.